The van der Waals surface area contributed by atoms with E-state index in [1.54, 1.807) is 19.9 Å². The van der Waals surface area contributed by atoms with Crippen LogP contribution in [0.4, 0.5) is 0 Å². The number of carboxylic acid groups (broad SMARTS) is 1. The van der Waals surface area contributed by atoms with Crippen molar-refractivity contribution in [3.63, 3.8) is 0 Å². The minimum Gasteiger partial charge on any atom is -0.481 e. The molecule has 92 valence electrons. The summed E-state index contributed by atoms with van der Waals surface area (Å²) in [5.74, 6) is -1.01. The Morgan fingerprint density at radius 1 is 1.53 bits per heavy atom. The van der Waals surface area contributed by atoms with Crippen LogP contribution in [0.15, 0.2) is 22.3 Å². The van der Waals surface area contributed by atoms with Gasteiger partial charge in [0.2, 0.25) is 0 Å². The molecule has 1 aromatic heterocycles. The highest BCUT2D eigenvalue weighted by Gasteiger charge is 2.14. The Morgan fingerprint density at radius 3 is 2.71 bits per heavy atom. The normalized spacial score (nSPS) is 11.3. The summed E-state index contributed by atoms with van der Waals surface area (Å²) in [7, 11) is 0. The van der Waals surface area contributed by atoms with Crippen LogP contribution >= 0.6 is 0 Å². The van der Waals surface area contributed by atoms with Crippen LogP contribution in [-0.4, -0.2) is 23.7 Å². The van der Waals surface area contributed by atoms with E-state index in [4.69, 9.17) is 14.3 Å². The number of esters is 1. The van der Waals surface area contributed by atoms with Gasteiger partial charge in [0, 0.05) is 11.1 Å². The molecule has 17 heavy (non-hydrogen) atoms. The van der Waals surface area contributed by atoms with E-state index in [9.17, 15) is 9.59 Å². The molecule has 1 heterocycles. The molecule has 1 N–H and O–H groups in total. The number of furan rings is 1. The molecule has 0 saturated heterocycles. The van der Waals surface area contributed by atoms with Crippen LogP contribution in [-0.2, 0) is 14.3 Å². The van der Waals surface area contributed by atoms with Gasteiger partial charge in [-0.3, -0.25) is 4.79 Å². The Balaban J connectivity index is 2.92. The van der Waals surface area contributed by atoms with Gasteiger partial charge in [0.1, 0.15) is 5.76 Å². The predicted molar refractivity (Wildman–Crippen MR) is 60.3 cm³/mol. The number of aliphatic carboxylic acids is 1. The van der Waals surface area contributed by atoms with Crippen molar-refractivity contribution in [2.24, 2.45) is 0 Å². The Hall–Kier alpha value is -2.04. The zero-order valence-electron chi connectivity index (χ0n) is 9.73. The molecule has 0 aliphatic carbocycles. The fourth-order valence-corrected chi connectivity index (χ4v) is 1.31. The maximum atomic E-state index is 11.5. The smallest absolute Gasteiger partial charge is 0.334 e. The molecule has 0 fully saturated rings. The van der Waals surface area contributed by atoms with Gasteiger partial charge in [-0.1, -0.05) is 0 Å². The van der Waals surface area contributed by atoms with Crippen molar-refractivity contribution in [3.8, 4) is 0 Å². The van der Waals surface area contributed by atoms with Crippen LogP contribution in [0, 0.1) is 6.92 Å². The summed E-state index contributed by atoms with van der Waals surface area (Å²) in [6.45, 7) is 3.64. The molecule has 1 rings (SSSR count). The maximum Gasteiger partial charge on any atom is 0.334 e. The Labute approximate surface area is 98.7 Å². The van der Waals surface area contributed by atoms with E-state index < -0.39 is 11.9 Å². The van der Waals surface area contributed by atoms with E-state index in [2.05, 4.69) is 0 Å². The number of hydrogen-bond donors (Lipinski definition) is 1. The molecule has 5 nitrogen and oxygen atoms in total. The van der Waals surface area contributed by atoms with Crippen LogP contribution in [0.2, 0.25) is 0 Å². The first kappa shape index (κ1) is 13.0. The quantitative estimate of drug-likeness (QED) is 0.627. The zero-order valence-corrected chi connectivity index (χ0v) is 9.73. The minimum absolute atomic E-state index is 0.0974. The molecule has 0 radical (unpaired) electrons. The summed E-state index contributed by atoms with van der Waals surface area (Å²) < 4.78 is 9.85. The Kier molecular flexibility index (Phi) is 4.51. The van der Waals surface area contributed by atoms with Gasteiger partial charge >= 0.3 is 11.9 Å². The molecular weight excluding hydrogens is 224 g/mol. The summed E-state index contributed by atoms with van der Waals surface area (Å²) in [5, 5.41) is 8.71. The highest BCUT2D eigenvalue weighted by Crippen LogP contribution is 2.14. The number of aryl methyl sites for hydroxylation is 1. The van der Waals surface area contributed by atoms with Crippen molar-refractivity contribution in [2.75, 3.05) is 6.61 Å². The summed E-state index contributed by atoms with van der Waals surface area (Å²) in [5.41, 5.74) is 0.743. The van der Waals surface area contributed by atoms with Crippen molar-refractivity contribution >= 4 is 18.0 Å². The van der Waals surface area contributed by atoms with E-state index >= 15 is 0 Å². The number of rotatable bonds is 5. The first-order valence-electron chi connectivity index (χ1n) is 5.17. The molecule has 0 atom stereocenters. The van der Waals surface area contributed by atoms with Crippen LogP contribution in [0.5, 0.6) is 0 Å². The topological polar surface area (TPSA) is 76.7 Å². The second kappa shape index (κ2) is 5.89. The van der Waals surface area contributed by atoms with Crippen molar-refractivity contribution < 1.29 is 23.8 Å². The lowest BCUT2D eigenvalue weighted by molar-refractivity contribution is -0.142. The molecule has 0 amide bonds. The van der Waals surface area contributed by atoms with Crippen LogP contribution in [0.1, 0.15) is 24.7 Å². The van der Waals surface area contributed by atoms with E-state index in [-0.39, 0.29) is 18.6 Å². The Morgan fingerprint density at radius 2 is 2.24 bits per heavy atom. The van der Waals surface area contributed by atoms with Gasteiger partial charge in [-0.05, 0) is 26.0 Å². The molecule has 0 aliphatic heterocycles. The van der Waals surface area contributed by atoms with Gasteiger partial charge in [0.25, 0.3) is 0 Å². The monoisotopic (exact) mass is 238 g/mol. The molecule has 0 unspecified atom stereocenters. The zero-order chi connectivity index (χ0) is 12.8. The highest BCUT2D eigenvalue weighted by atomic mass is 16.5. The van der Waals surface area contributed by atoms with Gasteiger partial charge in [0.05, 0.1) is 19.3 Å². The van der Waals surface area contributed by atoms with E-state index in [0.29, 0.717) is 11.3 Å². The van der Waals surface area contributed by atoms with Gasteiger partial charge in [-0.15, -0.1) is 0 Å². The average Bonchev–Trinajstić information content (AvgIpc) is 2.63. The lowest BCUT2D eigenvalue weighted by Gasteiger charge is -2.03. The van der Waals surface area contributed by atoms with Gasteiger partial charge in [0.15, 0.2) is 0 Å². The largest absolute Gasteiger partial charge is 0.481 e. The average molecular weight is 238 g/mol. The third-order valence-electron chi connectivity index (χ3n) is 1.97. The van der Waals surface area contributed by atoms with Crippen molar-refractivity contribution in [3.05, 3.63) is 29.2 Å². The molecule has 0 aromatic carbocycles. The minimum atomic E-state index is -1.08. The number of hydrogen-bond acceptors (Lipinski definition) is 4. The summed E-state index contributed by atoms with van der Waals surface area (Å²) >= 11 is 0. The lowest BCUT2D eigenvalue weighted by atomic mass is 10.1. The van der Waals surface area contributed by atoms with E-state index in [0.717, 1.165) is 0 Å². The first-order valence-corrected chi connectivity index (χ1v) is 5.17. The maximum absolute atomic E-state index is 11.5. The number of ether oxygens (including phenoxy) is 1. The predicted octanol–water partition coefficient (Wildman–Crippen LogP) is 2.01. The highest BCUT2D eigenvalue weighted by molar-refractivity contribution is 5.97. The third-order valence-corrected chi connectivity index (χ3v) is 1.97. The molecule has 0 aliphatic rings. The standard InChI is InChI=1S/C12H14O5/c1-3-16-12(15)10(6-11(13)14)5-9-4-8(2)17-7-9/h4-5,7H,3,6H2,1-2H3,(H,13,14). The van der Waals surface area contributed by atoms with E-state index in [1.807, 2.05) is 0 Å². The van der Waals surface area contributed by atoms with Crippen molar-refractivity contribution in [2.45, 2.75) is 20.3 Å². The molecular formula is C12H14O5. The van der Waals surface area contributed by atoms with Gasteiger partial charge in [-0.25, -0.2) is 4.79 Å². The third kappa shape index (κ3) is 4.14. The van der Waals surface area contributed by atoms with Crippen LogP contribution in [0.25, 0.3) is 6.08 Å². The Bertz CT molecular complexity index is 442. The molecule has 0 bridgehead atoms. The second-order valence-corrected chi connectivity index (χ2v) is 3.45. The SMILES string of the molecule is CCOC(=O)C(=Cc1coc(C)c1)CC(=O)O. The number of carbonyl (C=O) groups excluding carboxylic acids is 1. The second-order valence-electron chi connectivity index (χ2n) is 3.45. The molecule has 0 saturated carbocycles. The molecule has 1 aromatic rings. The number of carboxylic acids is 1. The fraction of sp³-hybridized carbons (Fsp3) is 0.333. The van der Waals surface area contributed by atoms with Crippen LogP contribution < -0.4 is 0 Å². The van der Waals surface area contributed by atoms with Crippen LogP contribution in [0.3, 0.4) is 0 Å². The van der Waals surface area contributed by atoms with Crippen molar-refractivity contribution in [1.82, 2.24) is 0 Å². The molecule has 0 spiro atoms. The van der Waals surface area contributed by atoms with Gasteiger partial charge in [-0.2, -0.15) is 0 Å². The van der Waals surface area contributed by atoms with Crippen molar-refractivity contribution in [1.29, 1.82) is 0 Å². The summed E-state index contributed by atoms with van der Waals surface area (Å²) in [6, 6.07) is 1.71. The summed E-state index contributed by atoms with van der Waals surface area (Å²) in [6.07, 6.45) is 2.54. The number of carbonyl (C=O) groups is 2. The first-order chi connectivity index (χ1) is 8.02. The van der Waals surface area contributed by atoms with Gasteiger partial charge < -0.3 is 14.3 Å². The molecule has 5 heteroatoms. The lowest BCUT2D eigenvalue weighted by Crippen LogP contribution is -2.11. The fourth-order valence-electron chi connectivity index (χ4n) is 1.31. The summed E-state index contributed by atoms with van der Waals surface area (Å²) in [4.78, 5) is 22.1. The van der Waals surface area contributed by atoms with E-state index in [1.165, 1.54) is 12.3 Å².